The fourth-order valence-electron chi connectivity index (χ4n) is 2.26. The quantitative estimate of drug-likeness (QED) is 0.809. The Morgan fingerprint density at radius 3 is 2.38 bits per heavy atom. The third-order valence-corrected chi connectivity index (χ3v) is 4.19. The van der Waals surface area contributed by atoms with Gasteiger partial charge in [0.25, 0.3) is 0 Å². The van der Waals surface area contributed by atoms with Crippen LogP contribution in [0.1, 0.15) is 17.2 Å². The Bertz CT molecular complexity index is 631. The van der Waals surface area contributed by atoms with Crippen LogP contribution in [0.3, 0.4) is 0 Å². The monoisotopic (exact) mass is 343 g/mol. The van der Waals surface area contributed by atoms with E-state index in [1.807, 2.05) is 31.3 Å². The van der Waals surface area contributed by atoms with Crippen LogP contribution in [-0.2, 0) is 6.42 Å². The average molecular weight is 345 g/mol. The van der Waals surface area contributed by atoms with Gasteiger partial charge in [-0.25, -0.2) is 0 Å². The summed E-state index contributed by atoms with van der Waals surface area (Å²) < 4.78 is 5.42. The highest BCUT2D eigenvalue weighted by Gasteiger charge is 2.17. The van der Waals surface area contributed by atoms with E-state index >= 15 is 0 Å². The molecule has 0 saturated carbocycles. The van der Waals surface area contributed by atoms with Crippen molar-refractivity contribution in [3.05, 3.63) is 62.6 Å². The first-order valence-electron chi connectivity index (χ1n) is 6.49. The van der Waals surface area contributed by atoms with Gasteiger partial charge in [0, 0.05) is 26.7 Å². The van der Waals surface area contributed by atoms with Crippen molar-refractivity contribution in [3.8, 4) is 5.75 Å². The van der Waals surface area contributed by atoms with Crippen molar-refractivity contribution in [2.24, 2.45) is 0 Å². The van der Waals surface area contributed by atoms with Gasteiger partial charge in [0.05, 0.1) is 7.11 Å². The molecular weight excluding hydrogens is 329 g/mol. The molecule has 0 heterocycles. The highest BCUT2D eigenvalue weighted by atomic mass is 35.5. The summed E-state index contributed by atoms with van der Waals surface area (Å²) in [5, 5.41) is 5.31. The maximum absolute atomic E-state index is 6.25. The molecule has 5 heteroatoms. The van der Waals surface area contributed by atoms with Crippen LogP contribution in [0, 0.1) is 0 Å². The van der Waals surface area contributed by atoms with Crippen LogP contribution < -0.4 is 10.1 Å². The smallest absolute Gasteiger partial charge is 0.123 e. The van der Waals surface area contributed by atoms with E-state index in [0.717, 1.165) is 16.9 Å². The van der Waals surface area contributed by atoms with Crippen LogP contribution in [0.15, 0.2) is 36.4 Å². The minimum atomic E-state index is 0.0228. The molecular formula is C16H16Cl3NO. The molecule has 0 aliphatic carbocycles. The fraction of sp³-hybridized carbons (Fsp3) is 0.250. The molecule has 0 radical (unpaired) electrons. The zero-order valence-corrected chi connectivity index (χ0v) is 14.1. The molecule has 0 amide bonds. The molecule has 0 bridgehead atoms. The van der Waals surface area contributed by atoms with Gasteiger partial charge >= 0.3 is 0 Å². The zero-order valence-electron chi connectivity index (χ0n) is 11.8. The van der Waals surface area contributed by atoms with Crippen molar-refractivity contribution >= 4 is 34.8 Å². The third-order valence-electron chi connectivity index (χ3n) is 3.35. The van der Waals surface area contributed by atoms with Gasteiger partial charge in [-0.05, 0) is 55.4 Å². The Balaban J connectivity index is 2.36. The van der Waals surface area contributed by atoms with Crippen molar-refractivity contribution in [3.63, 3.8) is 0 Å². The number of halogens is 3. The predicted molar refractivity (Wildman–Crippen MR) is 90.0 cm³/mol. The Morgan fingerprint density at radius 1 is 1.05 bits per heavy atom. The van der Waals surface area contributed by atoms with E-state index in [1.165, 1.54) is 0 Å². The lowest BCUT2D eigenvalue weighted by molar-refractivity contribution is 0.401. The maximum atomic E-state index is 6.25. The largest absolute Gasteiger partial charge is 0.496 e. The van der Waals surface area contributed by atoms with Gasteiger partial charge in [0.15, 0.2) is 0 Å². The molecule has 1 N–H and O–H groups in total. The number of methoxy groups -OCH3 is 1. The molecule has 112 valence electrons. The van der Waals surface area contributed by atoms with Crippen molar-refractivity contribution < 1.29 is 4.74 Å². The summed E-state index contributed by atoms with van der Waals surface area (Å²) in [6.07, 6.45) is 0.687. The molecule has 0 aromatic heterocycles. The highest BCUT2D eigenvalue weighted by molar-refractivity contribution is 6.33. The minimum absolute atomic E-state index is 0.0228. The van der Waals surface area contributed by atoms with Crippen molar-refractivity contribution in [2.75, 3.05) is 14.2 Å². The number of likely N-dealkylation sites (N-methyl/N-ethyl adjacent to an activating group) is 1. The summed E-state index contributed by atoms with van der Waals surface area (Å²) in [5.41, 5.74) is 1.97. The molecule has 21 heavy (non-hydrogen) atoms. The lowest BCUT2D eigenvalue weighted by Crippen LogP contribution is -2.19. The number of ether oxygens (including phenoxy) is 1. The van der Waals surface area contributed by atoms with Crippen LogP contribution in [0.4, 0.5) is 0 Å². The first kappa shape index (κ1) is 16.4. The second kappa shape index (κ2) is 7.37. The van der Waals surface area contributed by atoms with Gasteiger partial charge in [-0.1, -0.05) is 34.8 Å². The second-order valence-electron chi connectivity index (χ2n) is 4.67. The molecule has 1 unspecified atom stereocenters. The lowest BCUT2D eigenvalue weighted by Gasteiger charge is -2.20. The van der Waals surface area contributed by atoms with E-state index in [9.17, 15) is 0 Å². The van der Waals surface area contributed by atoms with E-state index < -0.39 is 0 Å². The van der Waals surface area contributed by atoms with Crippen LogP contribution in [0.2, 0.25) is 15.1 Å². The fourth-order valence-corrected chi connectivity index (χ4v) is 2.83. The average Bonchev–Trinajstić information content (AvgIpc) is 2.48. The van der Waals surface area contributed by atoms with Crippen molar-refractivity contribution in [1.82, 2.24) is 5.32 Å². The standard InChI is InChI=1S/C16H16Cl3NO/c1-20-15(8-10-7-11(17)3-5-14(10)19)13-9-12(18)4-6-16(13)21-2/h3-7,9,15,20H,8H2,1-2H3. The van der Waals surface area contributed by atoms with Crippen LogP contribution in [0.5, 0.6) is 5.75 Å². The second-order valence-corrected chi connectivity index (χ2v) is 5.95. The van der Waals surface area contributed by atoms with Crippen molar-refractivity contribution in [2.45, 2.75) is 12.5 Å². The van der Waals surface area contributed by atoms with Crippen molar-refractivity contribution in [1.29, 1.82) is 0 Å². The van der Waals surface area contributed by atoms with E-state index in [2.05, 4.69) is 5.32 Å². The maximum Gasteiger partial charge on any atom is 0.123 e. The number of nitrogens with one attached hydrogen (secondary N) is 1. The lowest BCUT2D eigenvalue weighted by atomic mass is 9.98. The summed E-state index contributed by atoms with van der Waals surface area (Å²) >= 11 is 18.4. The van der Waals surface area contributed by atoms with Crippen LogP contribution >= 0.6 is 34.8 Å². The molecule has 1 atom stereocenters. The highest BCUT2D eigenvalue weighted by Crippen LogP contribution is 2.32. The molecule has 0 saturated heterocycles. The van der Waals surface area contributed by atoms with Gasteiger partial charge in [0.1, 0.15) is 5.75 Å². The Morgan fingerprint density at radius 2 is 1.71 bits per heavy atom. The molecule has 0 spiro atoms. The minimum Gasteiger partial charge on any atom is -0.496 e. The molecule has 0 aliphatic heterocycles. The van der Waals surface area contributed by atoms with Gasteiger partial charge in [0.2, 0.25) is 0 Å². The Hall–Kier alpha value is -0.930. The van der Waals surface area contributed by atoms with E-state index in [1.54, 1.807) is 19.2 Å². The van der Waals surface area contributed by atoms with Gasteiger partial charge in [-0.3, -0.25) is 0 Å². The SMILES string of the molecule is CNC(Cc1cc(Cl)ccc1Cl)c1cc(Cl)ccc1OC. The molecule has 0 aliphatic rings. The molecule has 0 fully saturated rings. The first-order valence-corrected chi connectivity index (χ1v) is 7.63. The number of hydrogen-bond acceptors (Lipinski definition) is 2. The number of benzene rings is 2. The normalized spacial score (nSPS) is 12.2. The summed E-state index contributed by atoms with van der Waals surface area (Å²) in [6.45, 7) is 0. The van der Waals surface area contributed by atoms with E-state index in [4.69, 9.17) is 39.5 Å². The molecule has 2 nitrogen and oxygen atoms in total. The number of hydrogen-bond donors (Lipinski definition) is 1. The van der Waals surface area contributed by atoms with Crippen LogP contribution in [-0.4, -0.2) is 14.2 Å². The van der Waals surface area contributed by atoms with Gasteiger partial charge in [-0.2, -0.15) is 0 Å². The van der Waals surface area contributed by atoms with E-state index in [-0.39, 0.29) is 6.04 Å². The molecule has 2 rings (SSSR count). The Labute approximate surface area is 140 Å². The zero-order chi connectivity index (χ0) is 15.4. The third kappa shape index (κ3) is 4.04. The first-order chi connectivity index (χ1) is 10.0. The summed E-state index contributed by atoms with van der Waals surface area (Å²) in [7, 11) is 3.54. The topological polar surface area (TPSA) is 21.3 Å². The summed E-state index contributed by atoms with van der Waals surface area (Å²) in [6, 6.07) is 11.1. The van der Waals surface area contributed by atoms with Gasteiger partial charge in [-0.15, -0.1) is 0 Å². The molecule has 2 aromatic carbocycles. The molecule has 2 aromatic rings. The van der Waals surface area contributed by atoms with Gasteiger partial charge < -0.3 is 10.1 Å². The summed E-state index contributed by atoms with van der Waals surface area (Å²) in [5.74, 6) is 0.789. The number of rotatable bonds is 5. The predicted octanol–water partition coefficient (Wildman–Crippen LogP) is 5.16. The Kier molecular flexibility index (Phi) is 5.77. The summed E-state index contributed by atoms with van der Waals surface area (Å²) in [4.78, 5) is 0. The van der Waals surface area contributed by atoms with E-state index in [0.29, 0.717) is 21.5 Å². The van der Waals surface area contributed by atoms with Crippen LogP contribution in [0.25, 0.3) is 0 Å².